The zero-order chi connectivity index (χ0) is 23.0. The third-order valence-corrected chi connectivity index (χ3v) is 5.45. The molecule has 2 aromatic rings. The SMILES string of the molecule is [C-]#[N+]c1cc(CCCCC)ccc1OC(=O)c1ccc(CCCCCCCOC=C)cc1. The molecule has 4 heteroatoms. The summed E-state index contributed by atoms with van der Waals surface area (Å²) in [6.45, 7) is 13.9. The van der Waals surface area contributed by atoms with E-state index in [4.69, 9.17) is 16.0 Å². The summed E-state index contributed by atoms with van der Waals surface area (Å²) in [7, 11) is 0. The van der Waals surface area contributed by atoms with Crippen LogP contribution in [0.5, 0.6) is 5.75 Å². The van der Waals surface area contributed by atoms with Crippen molar-refractivity contribution in [1.29, 1.82) is 0 Å². The summed E-state index contributed by atoms with van der Waals surface area (Å²) in [5, 5.41) is 0. The average Bonchev–Trinajstić information content (AvgIpc) is 2.82. The lowest BCUT2D eigenvalue weighted by atomic mass is 10.0. The molecule has 0 aliphatic rings. The molecule has 0 fully saturated rings. The summed E-state index contributed by atoms with van der Waals surface area (Å²) >= 11 is 0. The highest BCUT2D eigenvalue weighted by molar-refractivity contribution is 5.91. The first-order chi connectivity index (χ1) is 15.7. The van der Waals surface area contributed by atoms with Crippen molar-refractivity contribution in [3.05, 3.63) is 83.4 Å². The molecule has 4 nitrogen and oxygen atoms in total. The molecular weight excluding hydrogens is 398 g/mol. The van der Waals surface area contributed by atoms with Crippen LogP contribution < -0.4 is 4.74 Å². The highest BCUT2D eigenvalue weighted by atomic mass is 16.5. The fraction of sp³-hybridized carbons (Fsp3) is 0.429. The van der Waals surface area contributed by atoms with E-state index in [9.17, 15) is 4.79 Å². The normalized spacial score (nSPS) is 10.4. The van der Waals surface area contributed by atoms with Gasteiger partial charge in [0.05, 0.1) is 25.0 Å². The van der Waals surface area contributed by atoms with Crippen LogP contribution >= 0.6 is 0 Å². The quantitative estimate of drug-likeness (QED) is 0.0944. The van der Waals surface area contributed by atoms with Gasteiger partial charge in [0.15, 0.2) is 0 Å². The van der Waals surface area contributed by atoms with Crippen molar-refractivity contribution in [3.63, 3.8) is 0 Å². The molecule has 0 unspecified atom stereocenters. The predicted octanol–water partition coefficient (Wildman–Crippen LogP) is 7.84. The van der Waals surface area contributed by atoms with Gasteiger partial charge < -0.3 is 9.47 Å². The van der Waals surface area contributed by atoms with Crippen LogP contribution in [0.15, 0.2) is 55.3 Å². The van der Waals surface area contributed by atoms with Crippen LogP contribution in [0.1, 0.15) is 79.8 Å². The molecule has 0 aliphatic carbocycles. The number of carbonyl (C=O) groups excluding carboxylic acids is 1. The van der Waals surface area contributed by atoms with Crippen molar-refractivity contribution in [2.45, 2.75) is 71.1 Å². The van der Waals surface area contributed by atoms with Crippen LogP contribution in [-0.4, -0.2) is 12.6 Å². The van der Waals surface area contributed by atoms with E-state index < -0.39 is 5.97 Å². The van der Waals surface area contributed by atoms with Crippen molar-refractivity contribution in [1.82, 2.24) is 0 Å². The Hall–Kier alpha value is -3.06. The molecule has 0 N–H and O–H groups in total. The van der Waals surface area contributed by atoms with Gasteiger partial charge in [0.2, 0.25) is 5.69 Å². The van der Waals surface area contributed by atoms with Gasteiger partial charge in [-0.1, -0.05) is 69.4 Å². The number of aryl methyl sites for hydroxylation is 2. The number of esters is 1. The molecule has 0 heterocycles. The fourth-order valence-corrected chi connectivity index (χ4v) is 3.57. The van der Waals surface area contributed by atoms with Gasteiger partial charge in [-0.3, -0.25) is 0 Å². The Labute approximate surface area is 193 Å². The van der Waals surface area contributed by atoms with Gasteiger partial charge in [0, 0.05) is 0 Å². The lowest BCUT2D eigenvalue weighted by molar-refractivity contribution is 0.0736. The maximum atomic E-state index is 12.6. The Kier molecular flexibility index (Phi) is 11.7. The van der Waals surface area contributed by atoms with Crippen LogP contribution in [0.2, 0.25) is 0 Å². The zero-order valence-electron chi connectivity index (χ0n) is 19.3. The lowest BCUT2D eigenvalue weighted by Gasteiger charge is -2.09. The molecule has 0 bridgehead atoms. The Bertz CT molecular complexity index is 881. The second-order valence-corrected chi connectivity index (χ2v) is 8.01. The van der Waals surface area contributed by atoms with E-state index in [0.29, 0.717) is 17.0 Å². The minimum absolute atomic E-state index is 0.326. The molecule has 0 aliphatic heterocycles. The highest BCUT2D eigenvalue weighted by Crippen LogP contribution is 2.30. The van der Waals surface area contributed by atoms with Crippen LogP contribution in [0, 0.1) is 6.57 Å². The molecule has 0 radical (unpaired) electrons. The van der Waals surface area contributed by atoms with Crippen molar-refractivity contribution in [3.8, 4) is 5.75 Å². The van der Waals surface area contributed by atoms with Crippen molar-refractivity contribution >= 4 is 11.7 Å². The topological polar surface area (TPSA) is 39.9 Å². The lowest BCUT2D eigenvalue weighted by Crippen LogP contribution is -2.08. The highest BCUT2D eigenvalue weighted by Gasteiger charge is 2.12. The molecule has 32 heavy (non-hydrogen) atoms. The van der Waals surface area contributed by atoms with Gasteiger partial charge in [-0.2, -0.15) is 0 Å². The Morgan fingerprint density at radius 2 is 1.59 bits per heavy atom. The third kappa shape index (κ3) is 8.98. The van der Waals surface area contributed by atoms with Crippen molar-refractivity contribution in [2.24, 2.45) is 0 Å². The molecule has 2 rings (SSSR count). The predicted molar refractivity (Wildman–Crippen MR) is 130 cm³/mol. The molecule has 170 valence electrons. The monoisotopic (exact) mass is 433 g/mol. The number of carbonyl (C=O) groups is 1. The second-order valence-electron chi connectivity index (χ2n) is 8.01. The van der Waals surface area contributed by atoms with Crippen molar-refractivity contribution < 1.29 is 14.3 Å². The summed E-state index contributed by atoms with van der Waals surface area (Å²) < 4.78 is 10.7. The first-order valence-corrected chi connectivity index (χ1v) is 11.7. The minimum Gasteiger partial charge on any atom is -0.502 e. The third-order valence-electron chi connectivity index (χ3n) is 5.45. The van der Waals surface area contributed by atoms with Crippen LogP contribution in [-0.2, 0) is 17.6 Å². The molecule has 2 aromatic carbocycles. The zero-order valence-corrected chi connectivity index (χ0v) is 19.3. The first-order valence-electron chi connectivity index (χ1n) is 11.7. The standard InChI is InChI=1S/C28H35NO3/c1-4-6-10-14-24-17-20-27(26(22-24)29-3)32-28(30)25-18-15-23(16-19-25)13-11-8-7-9-12-21-31-5-2/h5,15-20,22H,2,4,6-14,21H2,1H3. The number of nitrogens with zero attached hydrogens (tertiary/aromatic N) is 1. The molecule has 0 saturated carbocycles. The van der Waals surface area contributed by atoms with E-state index in [-0.39, 0.29) is 0 Å². The maximum Gasteiger partial charge on any atom is 0.342 e. The number of benzene rings is 2. The summed E-state index contributed by atoms with van der Waals surface area (Å²) in [5.41, 5.74) is 3.22. The number of hydrogen-bond donors (Lipinski definition) is 0. The van der Waals surface area contributed by atoms with Gasteiger partial charge >= 0.3 is 5.97 Å². The van der Waals surface area contributed by atoms with Gasteiger partial charge in [-0.05, 0) is 61.9 Å². The molecular formula is C28H35NO3. The molecule has 0 spiro atoms. The van der Waals surface area contributed by atoms with E-state index >= 15 is 0 Å². The largest absolute Gasteiger partial charge is 0.502 e. The Morgan fingerprint density at radius 3 is 2.31 bits per heavy atom. The summed E-state index contributed by atoms with van der Waals surface area (Å²) in [4.78, 5) is 16.1. The van der Waals surface area contributed by atoms with Gasteiger partial charge in [-0.25, -0.2) is 9.64 Å². The minimum atomic E-state index is -0.429. The van der Waals surface area contributed by atoms with Crippen LogP contribution in [0.4, 0.5) is 5.69 Å². The molecule has 0 amide bonds. The van der Waals surface area contributed by atoms with E-state index in [1.54, 1.807) is 18.2 Å². The van der Waals surface area contributed by atoms with E-state index in [1.807, 2.05) is 24.3 Å². The van der Waals surface area contributed by atoms with E-state index in [1.165, 1.54) is 37.5 Å². The number of rotatable bonds is 15. The molecule has 0 saturated heterocycles. The Balaban J connectivity index is 1.81. The van der Waals surface area contributed by atoms with Gasteiger partial charge in [0.25, 0.3) is 0 Å². The number of ether oxygens (including phenoxy) is 2. The van der Waals surface area contributed by atoms with E-state index in [0.717, 1.165) is 50.7 Å². The second kappa shape index (κ2) is 14.9. The van der Waals surface area contributed by atoms with Crippen LogP contribution in [0.3, 0.4) is 0 Å². The Morgan fingerprint density at radius 1 is 0.938 bits per heavy atom. The summed E-state index contributed by atoms with van der Waals surface area (Å²) in [5.74, 6) is -0.103. The maximum absolute atomic E-state index is 12.6. The van der Waals surface area contributed by atoms with E-state index in [2.05, 4.69) is 18.3 Å². The fourth-order valence-electron chi connectivity index (χ4n) is 3.57. The van der Waals surface area contributed by atoms with Crippen LogP contribution in [0.25, 0.3) is 4.85 Å². The molecule has 0 atom stereocenters. The smallest absolute Gasteiger partial charge is 0.342 e. The molecule has 0 aromatic heterocycles. The number of hydrogen-bond acceptors (Lipinski definition) is 3. The van der Waals surface area contributed by atoms with Gasteiger partial charge in [-0.15, -0.1) is 0 Å². The van der Waals surface area contributed by atoms with Crippen molar-refractivity contribution in [2.75, 3.05) is 6.61 Å². The van der Waals surface area contributed by atoms with Gasteiger partial charge in [0.1, 0.15) is 5.75 Å². The average molecular weight is 434 g/mol. The summed E-state index contributed by atoms with van der Waals surface area (Å²) in [6, 6.07) is 13.1. The first kappa shape index (κ1) is 25.2. The number of unbranched alkanes of at least 4 members (excludes halogenated alkanes) is 6. The summed E-state index contributed by atoms with van der Waals surface area (Å²) in [6.07, 6.45) is 12.6.